The van der Waals surface area contributed by atoms with Crippen LogP contribution in [0.2, 0.25) is 0 Å². The first-order valence-corrected chi connectivity index (χ1v) is 8.29. The van der Waals surface area contributed by atoms with E-state index in [1.54, 1.807) is 0 Å². The predicted octanol–water partition coefficient (Wildman–Crippen LogP) is 5.44. The number of anilines is 2. The van der Waals surface area contributed by atoms with Crippen LogP contribution in [0, 0.1) is 6.92 Å². The number of para-hydroxylation sites is 1. The van der Waals surface area contributed by atoms with Crippen molar-refractivity contribution >= 4 is 11.4 Å². The molecule has 0 N–H and O–H groups in total. The lowest BCUT2D eigenvalue weighted by molar-refractivity contribution is 0.589. The van der Waals surface area contributed by atoms with Gasteiger partial charge in [-0.2, -0.15) is 0 Å². The van der Waals surface area contributed by atoms with Crippen molar-refractivity contribution in [3.8, 4) is 0 Å². The van der Waals surface area contributed by atoms with Crippen LogP contribution in [0.3, 0.4) is 0 Å². The fraction of sp³-hybridized carbons (Fsp3) is 0.333. The molecular formula is C21H26N2. The Balaban J connectivity index is 1.93. The van der Waals surface area contributed by atoms with Crippen molar-refractivity contribution in [3.63, 3.8) is 0 Å². The standard InChI is InChI=1S/C21H26N2/c1-16-11-12-18(21(3,4)5)15-20(16)23-14-13-22(17(23)2)19-9-7-6-8-10-19/h6-15,17H,1-5H3/t17-/m0/s1. The van der Waals surface area contributed by atoms with Gasteiger partial charge in [-0.15, -0.1) is 0 Å². The van der Waals surface area contributed by atoms with Crippen LogP contribution in [0.1, 0.15) is 38.8 Å². The summed E-state index contributed by atoms with van der Waals surface area (Å²) in [5, 5.41) is 0. The van der Waals surface area contributed by atoms with Crippen molar-refractivity contribution in [1.29, 1.82) is 0 Å². The highest BCUT2D eigenvalue weighted by atomic mass is 15.4. The molecule has 1 aliphatic rings. The lowest BCUT2D eigenvalue weighted by Crippen LogP contribution is -2.36. The molecule has 0 unspecified atom stereocenters. The molecule has 2 aromatic carbocycles. The summed E-state index contributed by atoms with van der Waals surface area (Å²) in [6.45, 7) is 11.2. The number of rotatable bonds is 2. The molecule has 0 aromatic heterocycles. The molecular weight excluding hydrogens is 280 g/mol. The van der Waals surface area contributed by atoms with Gasteiger partial charge in [-0.25, -0.2) is 0 Å². The van der Waals surface area contributed by atoms with E-state index in [0.29, 0.717) is 0 Å². The molecule has 1 heterocycles. The normalized spacial score (nSPS) is 17.9. The van der Waals surface area contributed by atoms with Crippen molar-refractivity contribution in [2.24, 2.45) is 0 Å². The van der Waals surface area contributed by atoms with Crippen LogP contribution < -0.4 is 9.80 Å². The molecule has 3 rings (SSSR count). The Bertz CT molecular complexity index is 710. The first-order chi connectivity index (χ1) is 10.9. The Morgan fingerprint density at radius 3 is 2.17 bits per heavy atom. The Morgan fingerprint density at radius 2 is 1.52 bits per heavy atom. The molecule has 2 heteroatoms. The Kier molecular flexibility index (Phi) is 3.93. The first-order valence-electron chi connectivity index (χ1n) is 8.29. The van der Waals surface area contributed by atoms with Gasteiger partial charge in [-0.05, 0) is 48.6 Å². The molecule has 1 atom stereocenters. The highest BCUT2D eigenvalue weighted by Gasteiger charge is 2.26. The highest BCUT2D eigenvalue weighted by molar-refractivity contribution is 5.64. The monoisotopic (exact) mass is 306 g/mol. The first kappa shape index (κ1) is 15.7. The Hall–Kier alpha value is -2.22. The van der Waals surface area contributed by atoms with Crippen molar-refractivity contribution in [2.75, 3.05) is 9.80 Å². The molecule has 2 nitrogen and oxygen atoms in total. The third-order valence-electron chi connectivity index (χ3n) is 4.60. The SMILES string of the molecule is Cc1ccc(C(C)(C)C)cc1N1C=CN(c2ccccc2)[C@@H]1C. The minimum atomic E-state index is 0.161. The van der Waals surface area contributed by atoms with Crippen molar-refractivity contribution in [2.45, 2.75) is 46.2 Å². The summed E-state index contributed by atoms with van der Waals surface area (Å²) >= 11 is 0. The van der Waals surface area contributed by atoms with Gasteiger partial charge in [0.15, 0.2) is 0 Å². The van der Waals surface area contributed by atoms with Crippen LogP contribution in [0.15, 0.2) is 60.9 Å². The van der Waals surface area contributed by atoms with E-state index in [1.165, 1.54) is 22.5 Å². The van der Waals surface area contributed by atoms with E-state index >= 15 is 0 Å². The summed E-state index contributed by atoms with van der Waals surface area (Å²) in [6, 6.07) is 17.4. The average molecular weight is 306 g/mol. The van der Waals surface area contributed by atoms with E-state index in [4.69, 9.17) is 0 Å². The lowest BCUT2D eigenvalue weighted by Gasteiger charge is -2.32. The van der Waals surface area contributed by atoms with Crippen molar-refractivity contribution in [1.82, 2.24) is 0 Å². The second-order valence-electron chi connectivity index (χ2n) is 7.33. The molecule has 0 aliphatic carbocycles. The zero-order valence-corrected chi connectivity index (χ0v) is 14.7. The molecule has 0 bridgehead atoms. The second-order valence-corrected chi connectivity index (χ2v) is 7.33. The zero-order valence-electron chi connectivity index (χ0n) is 14.7. The number of nitrogens with zero attached hydrogens (tertiary/aromatic N) is 2. The van der Waals surface area contributed by atoms with Crippen LogP contribution in [0.25, 0.3) is 0 Å². The van der Waals surface area contributed by atoms with E-state index < -0.39 is 0 Å². The van der Waals surface area contributed by atoms with Crippen LogP contribution in [-0.2, 0) is 5.41 Å². The van der Waals surface area contributed by atoms with Gasteiger partial charge in [-0.3, -0.25) is 0 Å². The molecule has 0 radical (unpaired) electrons. The van der Waals surface area contributed by atoms with Crippen molar-refractivity contribution < 1.29 is 0 Å². The molecule has 0 spiro atoms. The number of hydrogen-bond acceptors (Lipinski definition) is 2. The maximum Gasteiger partial charge on any atom is 0.107 e. The van der Waals surface area contributed by atoms with Crippen LogP contribution in [-0.4, -0.2) is 6.17 Å². The maximum atomic E-state index is 2.36. The third kappa shape index (κ3) is 2.98. The summed E-state index contributed by atoms with van der Waals surface area (Å²) in [5.41, 5.74) is 5.36. The quantitative estimate of drug-likeness (QED) is 0.729. The third-order valence-corrected chi connectivity index (χ3v) is 4.60. The average Bonchev–Trinajstić information content (AvgIpc) is 2.89. The van der Waals surface area contributed by atoms with Gasteiger partial charge in [0, 0.05) is 23.8 Å². The van der Waals surface area contributed by atoms with Crippen LogP contribution >= 0.6 is 0 Å². The van der Waals surface area contributed by atoms with E-state index in [0.717, 1.165) is 0 Å². The van der Waals surface area contributed by atoms with E-state index in [1.807, 2.05) is 0 Å². The van der Waals surface area contributed by atoms with E-state index in [9.17, 15) is 0 Å². The van der Waals surface area contributed by atoms with Gasteiger partial charge >= 0.3 is 0 Å². The lowest BCUT2D eigenvalue weighted by atomic mass is 9.86. The van der Waals surface area contributed by atoms with Crippen molar-refractivity contribution in [3.05, 3.63) is 72.1 Å². The number of benzene rings is 2. The van der Waals surface area contributed by atoms with E-state index in [2.05, 4.69) is 105 Å². The Labute approximate surface area is 140 Å². The minimum Gasteiger partial charge on any atom is -0.326 e. The summed E-state index contributed by atoms with van der Waals surface area (Å²) in [7, 11) is 0. The molecule has 0 saturated heterocycles. The maximum absolute atomic E-state index is 2.36. The second kappa shape index (κ2) is 5.77. The molecule has 120 valence electrons. The molecule has 2 aromatic rings. The number of aryl methyl sites for hydroxylation is 1. The van der Waals surface area contributed by atoms with Crippen LogP contribution in [0.4, 0.5) is 11.4 Å². The predicted molar refractivity (Wildman–Crippen MR) is 99.9 cm³/mol. The fourth-order valence-corrected chi connectivity index (χ4v) is 3.06. The van der Waals surface area contributed by atoms with Gasteiger partial charge < -0.3 is 9.80 Å². The minimum absolute atomic E-state index is 0.161. The van der Waals surface area contributed by atoms with Gasteiger partial charge in [0.2, 0.25) is 0 Å². The summed E-state index contributed by atoms with van der Waals surface area (Å²) in [6.07, 6.45) is 4.63. The van der Waals surface area contributed by atoms with Gasteiger partial charge in [0.1, 0.15) is 6.17 Å². The Morgan fingerprint density at radius 1 is 0.870 bits per heavy atom. The topological polar surface area (TPSA) is 6.48 Å². The molecule has 0 amide bonds. The zero-order chi connectivity index (χ0) is 16.6. The fourth-order valence-electron chi connectivity index (χ4n) is 3.06. The molecule has 0 fully saturated rings. The van der Waals surface area contributed by atoms with Crippen LogP contribution in [0.5, 0.6) is 0 Å². The molecule has 23 heavy (non-hydrogen) atoms. The largest absolute Gasteiger partial charge is 0.326 e. The smallest absolute Gasteiger partial charge is 0.107 e. The van der Waals surface area contributed by atoms with Gasteiger partial charge in [-0.1, -0.05) is 51.1 Å². The van der Waals surface area contributed by atoms with E-state index in [-0.39, 0.29) is 11.6 Å². The van der Waals surface area contributed by atoms with Gasteiger partial charge in [0.25, 0.3) is 0 Å². The highest BCUT2D eigenvalue weighted by Crippen LogP contribution is 2.34. The summed E-state index contributed by atoms with van der Waals surface area (Å²) < 4.78 is 0. The molecule has 1 aliphatic heterocycles. The summed E-state index contributed by atoms with van der Waals surface area (Å²) in [4.78, 5) is 4.67. The molecule has 0 saturated carbocycles. The van der Waals surface area contributed by atoms with Gasteiger partial charge in [0.05, 0.1) is 0 Å². The number of hydrogen-bond donors (Lipinski definition) is 0. The summed E-state index contributed by atoms with van der Waals surface area (Å²) in [5.74, 6) is 0.